The smallest absolute Gasteiger partial charge is 0.312 e. The van der Waals surface area contributed by atoms with Crippen LogP contribution < -0.4 is 0 Å². The van der Waals surface area contributed by atoms with E-state index in [1.807, 2.05) is 0 Å². The van der Waals surface area contributed by atoms with Gasteiger partial charge >= 0.3 is 5.97 Å². The van der Waals surface area contributed by atoms with Gasteiger partial charge in [0.05, 0.1) is 6.61 Å². The van der Waals surface area contributed by atoms with Crippen LogP contribution in [-0.2, 0) is 16.0 Å². The Kier molecular flexibility index (Phi) is 5.58. The molecule has 1 rings (SSSR count). The van der Waals surface area contributed by atoms with E-state index < -0.39 is 16.9 Å². The van der Waals surface area contributed by atoms with Crippen LogP contribution in [0.15, 0.2) is 24.3 Å². The van der Waals surface area contributed by atoms with Crippen molar-refractivity contribution in [1.29, 1.82) is 0 Å². The molecule has 0 radical (unpaired) electrons. The van der Waals surface area contributed by atoms with E-state index in [9.17, 15) is 14.9 Å². The molecule has 1 atom stereocenters. The summed E-state index contributed by atoms with van der Waals surface area (Å²) < 4.78 is 4.71. The molecule has 0 aliphatic rings. The Hall–Kier alpha value is -1.62. The Balaban J connectivity index is 2.65. The van der Waals surface area contributed by atoms with Crippen LogP contribution in [0.5, 0.6) is 0 Å². The van der Waals surface area contributed by atoms with Crippen LogP contribution in [0.4, 0.5) is 0 Å². The summed E-state index contributed by atoms with van der Waals surface area (Å²) in [4.78, 5) is 21.7. The molecule has 18 heavy (non-hydrogen) atoms. The van der Waals surface area contributed by atoms with Crippen LogP contribution >= 0.6 is 11.6 Å². The summed E-state index contributed by atoms with van der Waals surface area (Å²) in [6.07, 6.45) is -0.0353. The lowest BCUT2D eigenvalue weighted by atomic mass is 10.0. The molecule has 0 amide bonds. The van der Waals surface area contributed by atoms with Crippen molar-refractivity contribution in [3.8, 4) is 0 Å². The molecule has 0 saturated heterocycles. The summed E-state index contributed by atoms with van der Waals surface area (Å²) in [7, 11) is 0. The molecule has 0 saturated carbocycles. The van der Waals surface area contributed by atoms with Crippen LogP contribution in [0, 0.1) is 10.1 Å². The third-order valence-electron chi connectivity index (χ3n) is 2.39. The molecule has 0 N–H and O–H groups in total. The zero-order chi connectivity index (χ0) is 13.5. The van der Waals surface area contributed by atoms with E-state index in [0.29, 0.717) is 5.02 Å². The van der Waals surface area contributed by atoms with Gasteiger partial charge in [-0.1, -0.05) is 23.7 Å². The Morgan fingerprint density at radius 2 is 2.06 bits per heavy atom. The van der Waals surface area contributed by atoms with Crippen LogP contribution in [0.3, 0.4) is 0 Å². The van der Waals surface area contributed by atoms with Crippen LogP contribution in [0.1, 0.15) is 18.9 Å². The zero-order valence-corrected chi connectivity index (χ0v) is 10.7. The van der Waals surface area contributed by atoms with Gasteiger partial charge < -0.3 is 4.74 Å². The first kappa shape index (κ1) is 14.4. The highest BCUT2D eigenvalue weighted by atomic mass is 35.5. The average molecular weight is 272 g/mol. The first-order valence-electron chi connectivity index (χ1n) is 5.56. The van der Waals surface area contributed by atoms with Gasteiger partial charge in [-0.25, -0.2) is 0 Å². The van der Waals surface area contributed by atoms with Gasteiger partial charge in [-0.15, -0.1) is 0 Å². The third-order valence-corrected chi connectivity index (χ3v) is 2.64. The number of nitrogens with zero attached hydrogens (tertiary/aromatic N) is 1. The minimum absolute atomic E-state index is 0.184. The second-order valence-corrected chi connectivity index (χ2v) is 4.22. The van der Waals surface area contributed by atoms with Crippen LogP contribution in [-0.4, -0.2) is 23.5 Å². The number of benzene rings is 1. The van der Waals surface area contributed by atoms with E-state index in [2.05, 4.69) is 0 Å². The lowest BCUT2D eigenvalue weighted by Crippen LogP contribution is -2.26. The van der Waals surface area contributed by atoms with Gasteiger partial charge in [0.1, 0.15) is 6.42 Å². The molecule has 98 valence electrons. The van der Waals surface area contributed by atoms with Gasteiger partial charge in [0.15, 0.2) is 0 Å². The summed E-state index contributed by atoms with van der Waals surface area (Å²) in [5.74, 6) is -0.548. The van der Waals surface area contributed by atoms with Crippen molar-refractivity contribution in [2.24, 2.45) is 0 Å². The Morgan fingerprint density at radius 3 is 2.56 bits per heavy atom. The molecule has 0 heterocycles. The number of nitro groups is 1. The van der Waals surface area contributed by atoms with E-state index in [0.717, 1.165) is 5.56 Å². The third kappa shape index (κ3) is 4.71. The highest BCUT2D eigenvalue weighted by Crippen LogP contribution is 2.13. The Morgan fingerprint density at radius 1 is 1.44 bits per heavy atom. The maximum absolute atomic E-state index is 11.3. The van der Waals surface area contributed by atoms with Crippen LogP contribution in [0.25, 0.3) is 0 Å². The standard InChI is InChI=1S/C12H14ClNO4/c1-2-18-12(15)8-11(14(16)17)7-9-3-5-10(13)6-4-9/h3-6,11H,2,7-8H2,1H3. The summed E-state index contributed by atoms with van der Waals surface area (Å²) in [5.41, 5.74) is 0.769. The number of rotatable bonds is 6. The van der Waals surface area contributed by atoms with E-state index >= 15 is 0 Å². The number of carbonyl (C=O) groups is 1. The fraction of sp³-hybridized carbons (Fsp3) is 0.417. The molecule has 1 aromatic rings. The van der Waals surface area contributed by atoms with Crippen molar-refractivity contribution in [2.45, 2.75) is 25.8 Å². The summed E-state index contributed by atoms with van der Waals surface area (Å²) in [6.45, 7) is 1.89. The lowest BCUT2D eigenvalue weighted by Gasteiger charge is -2.09. The molecule has 6 heteroatoms. The molecule has 0 spiro atoms. The lowest BCUT2D eigenvalue weighted by molar-refractivity contribution is -0.521. The molecular weight excluding hydrogens is 258 g/mol. The van der Waals surface area contributed by atoms with Crippen LogP contribution in [0.2, 0.25) is 5.02 Å². The molecule has 0 aliphatic heterocycles. The van der Waals surface area contributed by atoms with Gasteiger partial charge in [-0.05, 0) is 24.6 Å². The number of carbonyl (C=O) groups excluding carboxylic acids is 1. The normalized spacial score (nSPS) is 11.9. The first-order valence-corrected chi connectivity index (χ1v) is 5.94. The average Bonchev–Trinajstić information content (AvgIpc) is 2.31. The predicted octanol–water partition coefficient (Wildman–Crippen LogP) is 2.48. The fourth-order valence-electron chi connectivity index (χ4n) is 1.53. The van der Waals surface area contributed by atoms with Gasteiger partial charge in [-0.2, -0.15) is 0 Å². The highest BCUT2D eigenvalue weighted by molar-refractivity contribution is 6.30. The van der Waals surface area contributed by atoms with Crippen molar-refractivity contribution in [2.75, 3.05) is 6.61 Å². The van der Waals surface area contributed by atoms with Crippen molar-refractivity contribution in [3.63, 3.8) is 0 Å². The van der Waals surface area contributed by atoms with Gasteiger partial charge in [0.25, 0.3) is 0 Å². The second-order valence-electron chi connectivity index (χ2n) is 3.78. The number of hydrogen-bond donors (Lipinski definition) is 0. The molecule has 0 bridgehead atoms. The number of halogens is 1. The van der Waals surface area contributed by atoms with Crippen molar-refractivity contribution >= 4 is 17.6 Å². The molecule has 0 aromatic heterocycles. The minimum atomic E-state index is -0.967. The topological polar surface area (TPSA) is 69.4 Å². The Labute approximate surface area is 110 Å². The number of ether oxygens (including phenoxy) is 1. The minimum Gasteiger partial charge on any atom is -0.466 e. The SMILES string of the molecule is CCOC(=O)CC(Cc1ccc(Cl)cc1)[N+](=O)[O-]. The zero-order valence-electron chi connectivity index (χ0n) is 9.97. The second kappa shape index (κ2) is 6.96. The molecule has 1 unspecified atom stereocenters. The Bertz CT molecular complexity index is 419. The molecule has 0 aliphatic carbocycles. The van der Waals surface area contributed by atoms with Crippen molar-refractivity contribution < 1.29 is 14.5 Å². The summed E-state index contributed by atoms with van der Waals surface area (Å²) >= 11 is 5.73. The predicted molar refractivity (Wildman–Crippen MR) is 67.2 cm³/mol. The van der Waals surface area contributed by atoms with Crippen molar-refractivity contribution in [3.05, 3.63) is 45.0 Å². The monoisotopic (exact) mass is 271 g/mol. The maximum Gasteiger partial charge on any atom is 0.312 e. The van der Waals surface area contributed by atoms with Gasteiger partial charge in [0, 0.05) is 16.4 Å². The quantitative estimate of drug-likeness (QED) is 0.453. The summed E-state index contributed by atoms with van der Waals surface area (Å²) in [6, 6.07) is 5.79. The highest BCUT2D eigenvalue weighted by Gasteiger charge is 2.25. The molecule has 0 fully saturated rings. The molecule has 5 nitrogen and oxygen atoms in total. The molecular formula is C12H14ClNO4. The first-order chi connectivity index (χ1) is 8.52. The number of esters is 1. The van der Waals surface area contributed by atoms with Gasteiger partial charge in [0.2, 0.25) is 6.04 Å². The maximum atomic E-state index is 11.3. The number of hydrogen-bond acceptors (Lipinski definition) is 4. The largest absolute Gasteiger partial charge is 0.466 e. The molecule has 1 aromatic carbocycles. The van der Waals surface area contributed by atoms with Crippen molar-refractivity contribution in [1.82, 2.24) is 0 Å². The van der Waals surface area contributed by atoms with E-state index in [-0.39, 0.29) is 19.4 Å². The van der Waals surface area contributed by atoms with E-state index in [1.165, 1.54) is 0 Å². The van der Waals surface area contributed by atoms with Gasteiger partial charge in [-0.3, -0.25) is 14.9 Å². The summed E-state index contributed by atoms with van der Waals surface area (Å²) in [5, 5.41) is 11.5. The fourth-order valence-corrected chi connectivity index (χ4v) is 1.65. The van der Waals surface area contributed by atoms with E-state index in [1.54, 1.807) is 31.2 Å². The van der Waals surface area contributed by atoms with E-state index in [4.69, 9.17) is 16.3 Å².